The maximum Gasteiger partial charge on any atom is 0.230 e. The van der Waals surface area contributed by atoms with Crippen molar-refractivity contribution in [3.05, 3.63) is 47.3 Å². The summed E-state index contributed by atoms with van der Waals surface area (Å²) in [5.41, 5.74) is 3.30. The Morgan fingerprint density at radius 1 is 1.26 bits per heavy atom. The number of benzene rings is 1. The van der Waals surface area contributed by atoms with Crippen LogP contribution in [0.1, 0.15) is 43.8 Å². The highest BCUT2D eigenvalue weighted by Gasteiger charge is 2.12. The van der Waals surface area contributed by atoms with Gasteiger partial charge in [-0.2, -0.15) is 0 Å². The Hall–Kier alpha value is -1.75. The Labute approximate surface area is 142 Å². The van der Waals surface area contributed by atoms with E-state index in [0.29, 0.717) is 11.7 Å². The minimum absolute atomic E-state index is 0.0131. The molecular formula is C18H25N3OS. The number of aromatic amines is 1. The van der Waals surface area contributed by atoms with Crippen LogP contribution in [0.4, 0.5) is 0 Å². The van der Waals surface area contributed by atoms with Crippen LogP contribution in [0.2, 0.25) is 0 Å². The molecule has 0 radical (unpaired) electrons. The monoisotopic (exact) mass is 331 g/mol. The molecule has 2 aromatic rings. The molecule has 1 amide bonds. The maximum atomic E-state index is 12.1. The van der Waals surface area contributed by atoms with Crippen molar-refractivity contribution in [2.75, 3.05) is 5.75 Å². The summed E-state index contributed by atoms with van der Waals surface area (Å²) in [6.45, 7) is 8.39. The molecule has 1 heterocycles. The number of aromatic nitrogens is 2. The summed E-state index contributed by atoms with van der Waals surface area (Å²) in [4.78, 5) is 19.9. The smallest absolute Gasteiger partial charge is 0.230 e. The second-order valence-electron chi connectivity index (χ2n) is 6.20. The van der Waals surface area contributed by atoms with Gasteiger partial charge in [-0.1, -0.05) is 55.9 Å². The van der Waals surface area contributed by atoms with Gasteiger partial charge < -0.3 is 10.3 Å². The number of H-pyrrole nitrogens is 1. The number of hydrogen-bond acceptors (Lipinski definition) is 3. The predicted octanol–water partition coefficient (Wildman–Crippen LogP) is 3.89. The third-order valence-electron chi connectivity index (χ3n) is 3.58. The van der Waals surface area contributed by atoms with Crippen LogP contribution in [0.3, 0.4) is 0 Å². The summed E-state index contributed by atoms with van der Waals surface area (Å²) >= 11 is 1.45. The summed E-state index contributed by atoms with van der Waals surface area (Å²) in [6, 6.07) is 9.99. The minimum atomic E-state index is 0.0131. The Morgan fingerprint density at radius 3 is 2.61 bits per heavy atom. The van der Waals surface area contributed by atoms with Gasteiger partial charge in [-0.15, -0.1) is 0 Å². The van der Waals surface area contributed by atoms with Crippen molar-refractivity contribution in [2.45, 2.75) is 45.3 Å². The SMILES string of the molecule is Cc1[nH]c(SCC(=O)NC(C)c2ccccc2)nc1CC(C)C. The average molecular weight is 331 g/mol. The van der Waals surface area contributed by atoms with Crippen molar-refractivity contribution in [3.63, 3.8) is 0 Å². The number of carbonyl (C=O) groups is 1. The van der Waals surface area contributed by atoms with E-state index in [1.807, 2.05) is 44.2 Å². The van der Waals surface area contributed by atoms with E-state index in [-0.39, 0.29) is 11.9 Å². The Bertz CT molecular complexity index is 637. The van der Waals surface area contributed by atoms with Crippen molar-refractivity contribution in [2.24, 2.45) is 5.92 Å². The molecule has 1 aromatic carbocycles. The number of imidazole rings is 1. The van der Waals surface area contributed by atoms with Crippen molar-refractivity contribution in [3.8, 4) is 0 Å². The molecule has 124 valence electrons. The zero-order valence-electron chi connectivity index (χ0n) is 14.2. The Balaban J connectivity index is 1.85. The zero-order chi connectivity index (χ0) is 16.8. The second kappa shape index (κ2) is 8.20. The van der Waals surface area contributed by atoms with Crippen molar-refractivity contribution >= 4 is 17.7 Å². The summed E-state index contributed by atoms with van der Waals surface area (Å²) in [5.74, 6) is 0.960. The third kappa shape index (κ3) is 5.43. The highest BCUT2D eigenvalue weighted by Crippen LogP contribution is 2.19. The molecule has 23 heavy (non-hydrogen) atoms. The lowest BCUT2D eigenvalue weighted by molar-refractivity contribution is -0.119. The van der Waals surface area contributed by atoms with E-state index in [9.17, 15) is 4.79 Å². The fourth-order valence-electron chi connectivity index (χ4n) is 2.36. The van der Waals surface area contributed by atoms with E-state index >= 15 is 0 Å². The molecule has 1 atom stereocenters. The first-order valence-corrected chi connectivity index (χ1v) is 8.97. The number of hydrogen-bond donors (Lipinski definition) is 2. The van der Waals surface area contributed by atoms with Crippen molar-refractivity contribution in [1.29, 1.82) is 0 Å². The highest BCUT2D eigenvalue weighted by molar-refractivity contribution is 7.99. The van der Waals surface area contributed by atoms with Gasteiger partial charge >= 0.3 is 0 Å². The van der Waals surface area contributed by atoms with Gasteiger partial charge in [-0.05, 0) is 31.7 Å². The largest absolute Gasteiger partial charge is 0.349 e. The molecule has 0 saturated carbocycles. The Kier molecular flexibility index (Phi) is 6.28. The molecule has 5 heteroatoms. The fraction of sp³-hybridized carbons (Fsp3) is 0.444. The van der Waals surface area contributed by atoms with E-state index in [4.69, 9.17) is 0 Å². The van der Waals surface area contributed by atoms with Crippen LogP contribution in [0.5, 0.6) is 0 Å². The molecule has 0 aliphatic carbocycles. The van der Waals surface area contributed by atoms with Crippen molar-refractivity contribution in [1.82, 2.24) is 15.3 Å². The van der Waals surface area contributed by atoms with Gasteiger partial charge in [-0.3, -0.25) is 4.79 Å². The molecule has 4 nitrogen and oxygen atoms in total. The van der Waals surface area contributed by atoms with Crippen molar-refractivity contribution < 1.29 is 4.79 Å². The Morgan fingerprint density at radius 2 is 1.96 bits per heavy atom. The van der Waals surface area contributed by atoms with Gasteiger partial charge in [-0.25, -0.2) is 4.98 Å². The second-order valence-corrected chi connectivity index (χ2v) is 7.16. The summed E-state index contributed by atoms with van der Waals surface area (Å²) in [7, 11) is 0. The number of aryl methyl sites for hydroxylation is 1. The quantitative estimate of drug-likeness (QED) is 0.757. The molecule has 1 aromatic heterocycles. The normalized spacial score (nSPS) is 12.4. The van der Waals surface area contributed by atoms with E-state index in [1.54, 1.807) is 0 Å². The van der Waals surface area contributed by atoms with E-state index in [1.165, 1.54) is 11.8 Å². The van der Waals surface area contributed by atoms with Gasteiger partial charge in [0.15, 0.2) is 5.16 Å². The van der Waals surface area contributed by atoms with Gasteiger partial charge in [0.1, 0.15) is 0 Å². The standard InChI is InChI=1S/C18H25N3OS/c1-12(2)10-16-14(4)20-18(21-16)23-11-17(22)19-13(3)15-8-6-5-7-9-15/h5-9,12-13H,10-11H2,1-4H3,(H,19,22)(H,20,21). The van der Waals surface area contributed by atoms with Crippen LogP contribution < -0.4 is 5.32 Å². The predicted molar refractivity (Wildman–Crippen MR) is 95.6 cm³/mol. The van der Waals surface area contributed by atoms with Gasteiger partial charge in [0.25, 0.3) is 0 Å². The van der Waals surface area contributed by atoms with E-state index < -0.39 is 0 Å². The van der Waals surface area contributed by atoms with Crippen LogP contribution in [0.25, 0.3) is 0 Å². The summed E-state index contributed by atoms with van der Waals surface area (Å²) in [5, 5.41) is 3.84. The molecule has 2 N–H and O–H groups in total. The molecule has 0 aliphatic rings. The molecule has 0 bridgehead atoms. The first-order chi connectivity index (χ1) is 11.0. The van der Waals surface area contributed by atoms with Gasteiger partial charge in [0, 0.05) is 5.69 Å². The topological polar surface area (TPSA) is 57.8 Å². The lowest BCUT2D eigenvalue weighted by Crippen LogP contribution is -2.28. The highest BCUT2D eigenvalue weighted by atomic mass is 32.2. The summed E-state index contributed by atoms with van der Waals surface area (Å²) in [6.07, 6.45) is 0.958. The number of rotatable bonds is 7. The van der Waals surface area contributed by atoms with Crippen LogP contribution in [-0.2, 0) is 11.2 Å². The first-order valence-electron chi connectivity index (χ1n) is 7.98. The fourth-order valence-corrected chi connectivity index (χ4v) is 3.11. The number of amides is 1. The average Bonchev–Trinajstić information content (AvgIpc) is 2.85. The molecule has 0 aliphatic heterocycles. The van der Waals surface area contributed by atoms with Gasteiger partial charge in [0.05, 0.1) is 17.5 Å². The van der Waals surface area contributed by atoms with Crippen LogP contribution in [0, 0.1) is 12.8 Å². The molecule has 2 rings (SSSR count). The molecule has 0 saturated heterocycles. The number of carbonyl (C=O) groups excluding carboxylic acids is 1. The minimum Gasteiger partial charge on any atom is -0.349 e. The lowest BCUT2D eigenvalue weighted by atomic mass is 10.1. The molecule has 0 fully saturated rings. The van der Waals surface area contributed by atoms with Gasteiger partial charge in [0.2, 0.25) is 5.91 Å². The molecular weight excluding hydrogens is 306 g/mol. The lowest BCUT2D eigenvalue weighted by Gasteiger charge is -2.13. The maximum absolute atomic E-state index is 12.1. The number of nitrogens with one attached hydrogen (secondary N) is 2. The van der Waals surface area contributed by atoms with E-state index in [2.05, 4.69) is 29.1 Å². The first kappa shape index (κ1) is 17.6. The third-order valence-corrected chi connectivity index (χ3v) is 4.46. The van der Waals surface area contributed by atoms with E-state index in [0.717, 1.165) is 28.5 Å². The number of nitrogens with zero attached hydrogens (tertiary/aromatic N) is 1. The zero-order valence-corrected chi connectivity index (χ0v) is 15.0. The van der Waals surface area contributed by atoms with Crippen LogP contribution in [0.15, 0.2) is 35.5 Å². The van der Waals surface area contributed by atoms with Crippen LogP contribution in [-0.4, -0.2) is 21.6 Å². The molecule has 0 spiro atoms. The molecule has 1 unspecified atom stereocenters. The summed E-state index contributed by atoms with van der Waals surface area (Å²) < 4.78 is 0. The van der Waals surface area contributed by atoms with Crippen LogP contribution >= 0.6 is 11.8 Å². The number of thioether (sulfide) groups is 1.